The number of nitrogens with zero attached hydrogens (tertiary/aromatic N) is 2. The number of non-ortho nitro benzene ring substituents is 1. The lowest BCUT2D eigenvalue weighted by Gasteiger charge is -2.07. The van der Waals surface area contributed by atoms with Gasteiger partial charge in [-0.2, -0.15) is 5.10 Å². The third kappa shape index (κ3) is 5.84. The first-order chi connectivity index (χ1) is 12.1. The van der Waals surface area contributed by atoms with Gasteiger partial charge in [-0.3, -0.25) is 14.9 Å². The lowest BCUT2D eigenvalue weighted by atomic mass is 10.1. The molecule has 2 rings (SSSR count). The zero-order chi connectivity index (χ0) is 18.1. The molecule has 130 valence electrons. The average molecular weight is 339 g/mol. The van der Waals surface area contributed by atoms with Crippen LogP contribution < -0.4 is 5.43 Å². The quantitative estimate of drug-likeness (QED) is 0.450. The fourth-order valence-electron chi connectivity index (χ4n) is 2.33. The highest BCUT2D eigenvalue weighted by molar-refractivity contribution is 6.01. The van der Waals surface area contributed by atoms with E-state index < -0.39 is 4.92 Å². The first-order valence-corrected chi connectivity index (χ1v) is 8.24. The first-order valence-electron chi connectivity index (χ1n) is 8.24. The molecule has 0 spiro atoms. The summed E-state index contributed by atoms with van der Waals surface area (Å²) < 4.78 is 0. The molecule has 0 fully saturated rings. The Hall–Kier alpha value is -3.02. The highest BCUT2D eigenvalue weighted by atomic mass is 16.6. The first kappa shape index (κ1) is 18.3. The molecule has 0 saturated carbocycles. The molecular weight excluding hydrogens is 318 g/mol. The van der Waals surface area contributed by atoms with E-state index in [-0.39, 0.29) is 18.0 Å². The molecule has 0 radical (unpaired) electrons. The van der Waals surface area contributed by atoms with Gasteiger partial charge in [0.05, 0.1) is 17.1 Å². The summed E-state index contributed by atoms with van der Waals surface area (Å²) in [4.78, 5) is 22.3. The normalized spacial score (nSPS) is 11.2. The molecule has 0 heterocycles. The van der Waals surface area contributed by atoms with Crippen molar-refractivity contribution < 1.29 is 9.72 Å². The van der Waals surface area contributed by atoms with Crippen molar-refractivity contribution in [3.8, 4) is 0 Å². The van der Waals surface area contributed by atoms with Gasteiger partial charge in [0, 0.05) is 12.1 Å². The fraction of sp³-hybridized carbons (Fsp3) is 0.263. The third-order valence-electron chi connectivity index (χ3n) is 3.70. The maximum atomic E-state index is 12.1. The maximum Gasteiger partial charge on any atom is 0.269 e. The lowest BCUT2D eigenvalue weighted by Crippen LogP contribution is -2.22. The molecular formula is C19H21N3O3. The Balaban J connectivity index is 2.01. The fourth-order valence-corrected chi connectivity index (χ4v) is 2.33. The molecule has 1 amide bonds. The Morgan fingerprint density at radius 1 is 1.12 bits per heavy atom. The van der Waals surface area contributed by atoms with E-state index in [2.05, 4.69) is 17.5 Å². The summed E-state index contributed by atoms with van der Waals surface area (Å²) in [5, 5.41) is 14.9. The van der Waals surface area contributed by atoms with E-state index in [0.29, 0.717) is 5.56 Å². The summed E-state index contributed by atoms with van der Waals surface area (Å²) in [6.07, 6.45) is 2.95. The minimum absolute atomic E-state index is 0.00751. The monoisotopic (exact) mass is 339 g/mol. The van der Waals surface area contributed by atoms with Gasteiger partial charge in [-0.25, -0.2) is 5.43 Å². The van der Waals surface area contributed by atoms with E-state index in [9.17, 15) is 14.9 Å². The van der Waals surface area contributed by atoms with E-state index in [1.165, 1.54) is 12.1 Å². The van der Waals surface area contributed by atoms with Crippen LogP contribution in [0.25, 0.3) is 0 Å². The lowest BCUT2D eigenvalue weighted by molar-refractivity contribution is -0.384. The standard InChI is InChI=1S/C19H21N3O3/c1-2-3-9-18(16-7-5-4-6-8-16)20-21-19(23)14-15-10-12-17(13-11-15)22(24)25/h4-8,10-13H,2-3,9,14H2,1H3,(H,21,23)/b20-18-. The molecule has 2 aromatic rings. The number of carbonyl (C=O) groups excluding carboxylic acids is 1. The predicted octanol–water partition coefficient (Wildman–Crippen LogP) is 3.85. The maximum absolute atomic E-state index is 12.1. The highest BCUT2D eigenvalue weighted by Gasteiger charge is 2.08. The second kappa shape index (κ2) is 9.32. The van der Waals surface area contributed by atoms with Gasteiger partial charge in [0.15, 0.2) is 0 Å². The van der Waals surface area contributed by atoms with E-state index in [4.69, 9.17) is 0 Å². The Kier molecular flexibility index (Phi) is 6.83. The number of hydrogen-bond acceptors (Lipinski definition) is 4. The van der Waals surface area contributed by atoms with Crippen molar-refractivity contribution in [3.63, 3.8) is 0 Å². The molecule has 0 atom stereocenters. The third-order valence-corrected chi connectivity index (χ3v) is 3.70. The number of nitro groups is 1. The zero-order valence-corrected chi connectivity index (χ0v) is 14.1. The zero-order valence-electron chi connectivity index (χ0n) is 14.1. The Morgan fingerprint density at radius 3 is 2.40 bits per heavy atom. The van der Waals surface area contributed by atoms with Crippen molar-refractivity contribution in [2.45, 2.75) is 32.6 Å². The number of benzene rings is 2. The number of carbonyl (C=O) groups is 1. The largest absolute Gasteiger partial charge is 0.273 e. The summed E-state index contributed by atoms with van der Waals surface area (Å²) in [5.74, 6) is -0.251. The molecule has 0 aliphatic rings. The van der Waals surface area contributed by atoms with E-state index in [1.54, 1.807) is 12.1 Å². The predicted molar refractivity (Wildman–Crippen MR) is 97.4 cm³/mol. The van der Waals surface area contributed by atoms with Gasteiger partial charge in [-0.1, -0.05) is 55.8 Å². The van der Waals surface area contributed by atoms with Crippen molar-refractivity contribution in [1.82, 2.24) is 5.43 Å². The Labute approximate surface area is 146 Å². The van der Waals surface area contributed by atoms with Crippen LogP contribution in [0.2, 0.25) is 0 Å². The molecule has 0 aromatic heterocycles. The van der Waals surface area contributed by atoms with Crippen LogP contribution in [0.1, 0.15) is 37.3 Å². The summed E-state index contributed by atoms with van der Waals surface area (Å²) in [5.41, 5.74) is 5.14. The number of nitro benzene ring substituents is 1. The van der Waals surface area contributed by atoms with Crippen LogP contribution in [0.4, 0.5) is 5.69 Å². The molecule has 0 saturated heterocycles. The molecule has 25 heavy (non-hydrogen) atoms. The van der Waals surface area contributed by atoms with Crippen molar-refractivity contribution in [2.24, 2.45) is 5.10 Å². The molecule has 6 heteroatoms. The topological polar surface area (TPSA) is 84.6 Å². The van der Waals surface area contributed by atoms with E-state index in [0.717, 1.165) is 30.5 Å². The van der Waals surface area contributed by atoms with E-state index >= 15 is 0 Å². The smallest absolute Gasteiger partial charge is 0.269 e. The van der Waals surface area contributed by atoms with Crippen molar-refractivity contribution >= 4 is 17.3 Å². The van der Waals surface area contributed by atoms with Crippen molar-refractivity contribution in [1.29, 1.82) is 0 Å². The minimum atomic E-state index is -0.464. The van der Waals surface area contributed by atoms with Crippen LogP contribution in [-0.2, 0) is 11.2 Å². The highest BCUT2D eigenvalue weighted by Crippen LogP contribution is 2.12. The summed E-state index contributed by atoms with van der Waals surface area (Å²) in [6, 6.07) is 15.7. The van der Waals surface area contributed by atoms with Gasteiger partial charge in [-0.05, 0) is 24.0 Å². The number of nitrogens with one attached hydrogen (secondary N) is 1. The van der Waals surface area contributed by atoms with Gasteiger partial charge in [0.2, 0.25) is 5.91 Å². The van der Waals surface area contributed by atoms with Crippen LogP contribution in [0.5, 0.6) is 0 Å². The molecule has 0 unspecified atom stereocenters. The SMILES string of the molecule is CCCC/C(=N/NC(=O)Cc1ccc([N+](=O)[O-])cc1)c1ccccc1. The molecule has 2 aromatic carbocycles. The number of rotatable bonds is 8. The molecule has 0 bridgehead atoms. The summed E-state index contributed by atoms with van der Waals surface area (Å²) >= 11 is 0. The van der Waals surface area contributed by atoms with Crippen LogP contribution >= 0.6 is 0 Å². The number of unbranched alkanes of at least 4 members (excludes halogenated alkanes) is 1. The second-order valence-corrected chi connectivity index (χ2v) is 5.66. The van der Waals surface area contributed by atoms with Gasteiger partial charge in [0.1, 0.15) is 0 Å². The van der Waals surface area contributed by atoms with Crippen molar-refractivity contribution in [2.75, 3.05) is 0 Å². The van der Waals surface area contributed by atoms with Crippen LogP contribution in [0.3, 0.4) is 0 Å². The Morgan fingerprint density at radius 2 is 1.80 bits per heavy atom. The molecule has 6 nitrogen and oxygen atoms in total. The van der Waals surface area contributed by atoms with Crippen LogP contribution in [0, 0.1) is 10.1 Å². The molecule has 1 N–H and O–H groups in total. The van der Waals surface area contributed by atoms with Crippen LogP contribution in [-0.4, -0.2) is 16.5 Å². The summed E-state index contributed by atoms with van der Waals surface area (Å²) in [7, 11) is 0. The summed E-state index contributed by atoms with van der Waals surface area (Å²) in [6.45, 7) is 2.11. The van der Waals surface area contributed by atoms with Gasteiger partial charge < -0.3 is 0 Å². The minimum Gasteiger partial charge on any atom is -0.273 e. The number of hydrazone groups is 1. The average Bonchev–Trinajstić information content (AvgIpc) is 2.63. The van der Waals surface area contributed by atoms with Gasteiger partial charge in [0.25, 0.3) is 5.69 Å². The number of hydrogen-bond donors (Lipinski definition) is 1. The van der Waals surface area contributed by atoms with Crippen LogP contribution in [0.15, 0.2) is 59.7 Å². The van der Waals surface area contributed by atoms with E-state index in [1.807, 2.05) is 30.3 Å². The number of amides is 1. The second-order valence-electron chi connectivity index (χ2n) is 5.66. The van der Waals surface area contributed by atoms with Crippen molar-refractivity contribution in [3.05, 3.63) is 75.8 Å². The molecule has 0 aliphatic heterocycles. The molecule has 0 aliphatic carbocycles. The Bertz CT molecular complexity index is 740. The van der Waals surface area contributed by atoms with Gasteiger partial charge >= 0.3 is 0 Å². The van der Waals surface area contributed by atoms with Gasteiger partial charge in [-0.15, -0.1) is 0 Å².